The highest BCUT2D eigenvalue weighted by molar-refractivity contribution is 7.92. The summed E-state index contributed by atoms with van der Waals surface area (Å²) in [5, 5.41) is 15.1. The molecule has 3 heterocycles. The molecule has 160 valence electrons. The third-order valence-electron chi connectivity index (χ3n) is 5.08. The van der Waals surface area contributed by atoms with Crippen LogP contribution in [0.25, 0.3) is 27.6 Å². The van der Waals surface area contributed by atoms with Crippen molar-refractivity contribution < 1.29 is 8.42 Å². The Morgan fingerprint density at radius 1 is 0.938 bits per heavy atom. The molecule has 1 N–H and O–H groups in total. The fraction of sp³-hybridized carbons (Fsp3) is 0.0870. The Kier molecular flexibility index (Phi) is 5.20. The number of nitrogens with one attached hydrogen (secondary N) is 1. The van der Waals surface area contributed by atoms with E-state index in [1.165, 1.54) is 0 Å². The summed E-state index contributed by atoms with van der Waals surface area (Å²) >= 11 is 1.58. The van der Waals surface area contributed by atoms with E-state index in [0.29, 0.717) is 17.2 Å². The lowest BCUT2D eigenvalue weighted by atomic mass is 10.1. The van der Waals surface area contributed by atoms with Gasteiger partial charge in [0.2, 0.25) is 0 Å². The third-order valence-corrected chi connectivity index (χ3v) is 7.34. The van der Waals surface area contributed by atoms with Crippen molar-refractivity contribution >= 4 is 32.7 Å². The molecule has 0 saturated heterocycles. The van der Waals surface area contributed by atoms with Crippen LogP contribution in [-0.2, 0) is 16.4 Å². The molecule has 7 nitrogen and oxygen atoms in total. The molecule has 0 bridgehead atoms. The van der Waals surface area contributed by atoms with Crippen LogP contribution < -0.4 is 4.72 Å². The number of benzene rings is 2. The number of aryl methyl sites for hydroxylation is 1. The lowest BCUT2D eigenvalue weighted by Crippen LogP contribution is -2.12. The molecule has 2 aromatic carbocycles. The lowest BCUT2D eigenvalue weighted by molar-refractivity contribution is 0.601. The molecule has 0 saturated carbocycles. The van der Waals surface area contributed by atoms with E-state index in [-0.39, 0.29) is 4.90 Å². The second-order valence-corrected chi connectivity index (χ2v) is 9.80. The van der Waals surface area contributed by atoms with Crippen molar-refractivity contribution in [3.8, 4) is 22.0 Å². The molecule has 3 aromatic heterocycles. The fourth-order valence-corrected chi connectivity index (χ4v) is 5.08. The van der Waals surface area contributed by atoms with Crippen molar-refractivity contribution in [3.05, 3.63) is 83.7 Å². The summed E-state index contributed by atoms with van der Waals surface area (Å²) in [6.45, 7) is 2.03. The van der Waals surface area contributed by atoms with E-state index in [9.17, 15) is 8.42 Å². The number of hydrogen-bond acceptors (Lipinski definition) is 6. The molecule has 0 aliphatic rings. The highest BCUT2D eigenvalue weighted by atomic mass is 32.2. The minimum atomic E-state index is -3.65. The first-order valence-corrected chi connectivity index (χ1v) is 12.4. The van der Waals surface area contributed by atoms with Crippen molar-refractivity contribution in [1.29, 1.82) is 0 Å². The summed E-state index contributed by atoms with van der Waals surface area (Å²) in [6.07, 6.45) is 0.860. The number of aromatic nitrogens is 4. The van der Waals surface area contributed by atoms with Crippen LogP contribution in [0.15, 0.2) is 83.1 Å². The van der Waals surface area contributed by atoms with E-state index in [2.05, 4.69) is 20.0 Å². The molecule has 0 amide bonds. The third kappa shape index (κ3) is 3.88. The number of fused-ring (bicyclic) bond motifs is 1. The van der Waals surface area contributed by atoms with Crippen molar-refractivity contribution in [1.82, 2.24) is 19.8 Å². The summed E-state index contributed by atoms with van der Waals surface area (Å²) in [6, 6.07) is 21.7. The van der Waals surface area contributed by atoms with Gasteiger partial charge in [-0.1, -0.05) is 37.3 Å². The predicted molar refractivity (Wildman–Crippen MR) is 126 cm³/mol. The normalized spacial score (nSPS) is 11.7. The average molecular weight is 462 g/mol. The minimum absolute atomic E-state index is 0.236. The van der Waals surface area contributed by atoms with E-state index >= 15 is 0 Å². The molecule has 0 aliphatic heterocycles. The van der Waals surface area contributed by atoms with E-state index in [1.807, 2.05) is 60.8 Å². The van der Waals surface area contributed by atoms with E-state index in [4.69, 9.17) is 0 Å². The molecule has 0 aliphatic carbocycles. The van der Waals surface area contributed by atoms with Gasteiger partial charge in [-0.25, -0.2) is 8.42 Å². The second-order valence-electron chi connectivity index (χ2n) is 7.17. The van der Waals surface area contributed by atoms with Crippen LogP contribution in [0.3, 0.4) is 0 Å². The van der Waals surface area contributed by atoms with E-state index in [1.54, 1.807) is 40.1 Å². The molecule has 9 heteroatoms. The number of sulfonamides is 1. The maximum atomic E-state index is 12.7. The zero-order valence-electron chi connectivity index (χ0n) is 17.1. The quantitative estimate of drug-likeness (QED) is 0.389. The molecular formula is C23H19N5O2S2. The van der Waals surface area contributed by atoms with Crippen molar-refractivity contribution in [2.45, 2.75) is 18.2 Å². The molecule has 0 atom stereocenters. The summed E-state index contributed by atoms with van der Waals surface area (Å²) in [5.74, 6) is 0.690. The van der Waals surface area contributed by atoms with Gasteiger partial charge in [0.1, 0.15) is 0 Å². The van der Waals surface area contributed by atoms with Gasteiger partial charge in [-0.15, -0.1) is 21.5 Å². The molecular weight excluding hydrogens is 442 g/mol. The van der Waals surface area contributed by atoms with Gasteiger partial charge in [0, 0.05) is 11.3 Å². The fourth-order valence-electron chi connectivity index (χ4n) is 3.33. The molecule has 0 spiro atoms. The van der Waals surface area contributed by atoms with Crippen molar-refractivity contribution in [3.63, 3.8) is 0 Å². The van der Waals surface area contributed by atoms with Crippen molar-refractivity contribution in [2.75, 3.05) is 4.72 Å². The largest absolute Gasteiger partial charge is 0.280 e. The maximum Gasteiger partial charge on any atom is 0.261 e. The zero-order valence-corrected chi connectivity index (χ0v) is 18.8. The summed E-state index contributed by atoms with van der Waals surface area (Å²) < 4.78 is 29.7. The monoisotopic (exact) mass is 461 g/mol. The van der Waals surface area contributed by atoms with Gasteiger partial charge in [0.25, 0.3) is 10.0 Å². The first kappa shape index (κ1) is 20.3. The number of hydrogen-bond donors (Lipinski definition) is 1. The molecule has 32 heavy (non-hydrogen) atoms. The van der Waals surface area contributed by atoms with Crippen LogP contribution in [0.5, 0.6) is 0 Å². The number of anilines is 1. The lowest BCUT2D eigenvalue weighted by Gasteiger charge is -2.09. The van der Waals surface area contributed by atoms with Crippen LogP contribution in [0.4, 0.5) is 5.69 Å². The van der Waals surface area contributed by atoms with Crippen molar-refractivity contribution in [2.24, 2.45) is 0 Å². The highest BCUT2D eigenvalue weighted by Crippen LogP contribution is 2.25. The average Bonchev–Trinajstić information content (AvgIpc) is 3.49. The van der Waals surface area contributed by atoms with Gasteiger partial charge in [-0.3, -0.25) is 4.72 Å². The Hall–Kier alpha value is -3.56. The standard InChI is InChI=1S/C23H19N5O2S2/c1-2-16-5-11-19(12-6-16)32(29,30)27-18-9-7-17(8-10-18)20-13-14-22-24-25-23(28(22)26-20)21-4-3-15-31-21/h3-15,27H,2H2,1H3. The van der Waals surface area contributed by atoms with Gasteiger partial charge < -0.3 is 0 Å². The Morgan fingerprint density at radius 2 is 1.72 bits per heavy atom. The number of nitrogens with zero attached hydrogens (tertiary/aromatic N) is 4. The molecule has 5 rings (SSSR count). The smallest absolute Gasteiger partial charge is 0.261 e. The van der Waals surface area contributed by atoms with E-state index in [0.717, 1.165) is 28.1 Å². The Bertz CT molecular complexity index is 1470. The summed E-state index contributed by atoms with van der Waals surface area (Å²) in [5.41, 5.74) is 3.83. The molecule has 0 fully saturated rings. The maximum absolute atomic E-state index is 12.7. The molecule has 5 aromatic rings. The van der Waals surface area contributed by atoms with E-state index < -0.39 is 10.0 Å². The predicted octanol–water partition coefficient (Wildman–Crippen LogP) is 4.88. The van der Waals surface area contributed by atoms with Gasteiger partial charge in [-0.2, -0.15) is 9.61 Å². The molecule has 0 unspecified atom stereocenters. The second kappa shape index (κ2) is 8.18. The zero-order chi connectivity index (χ0) is 22.1. The van der Waals surface area contributed by atoms with Crippen LogP contribution >= 0.6 is 11.3 Å². The summed E-state index contributed by atoms with van der Waals surface area (Å²) in [4.78, 5) is 1.22. The van der Waals surface area contributed by atoms with Gasteiger partial charge >= 0.3 is 0 Å². The first-order valence-electron chi connectivity index (χ1n) is 10.0. The van der Waals surface area contributed by atoms with Gasteiger partial charge in [0.15, 0.2) is 11.5 Å². The topological polar surface area (TPSA) is 89.2 Å². The Labute approximate surface area is 189 Å². The molecule has 0 radical (unpaired) electrons. The van der Waals surface area contributed by atoms with Crippen LogP contribution in [-0.4, -0.2) is 28.2 Å². The number of rotatable bonds is 6. The Morgan fingerprint density at radius 3 is 2.41 bits per heavy atom. The van der Waals surface area contributed by atoms with Crippen LogP contribution in [0.1, 0.15) is 12.5 Å². The summed E-state index contributed by atoms with van der Waals surface area (Å²) in [7, 11) is -3.65. The van der Waals surface area contributed by atoms with Gasteiger partial charge in [0.05, 0.1) is 15.5 Å². The number of thiophene rings is 1. The van der Waals surface area contributed by atoms with Crippen LogP contribution in [0.2, 0.25) is 0 Å². The first-order chi connectivity index (χ1) is 15.5. The van der Waals surface area contributed by atoms with Crippen LogP contribution in [0, 0.1) is 0 Å². The SMILES string of the molecule is CCc1ccc(S(=O)(=O)Nc2ccc(-c3ccc4nnc(-c5cccs5)n4n3)cc2)cc1. The Balaban J connectivity index is 1.41. The highest BCUT2D eigenvalue weighted by Gasteiger charge is 2.15. The minimum Gasteiger partial charge on any atom is -0.280 e. The van der Waals surface area contributed by atoms with Gasteiger partial charge in [-0.05, 0) is 59.8 Å².